The minimum Gasteiger partial charge on any atom is -0.349 e. The molecule has 0 saturated heterocycles. The summed E-state index contributed by atoms with van der Waals surface area (Å²) in [4.78, 5) is 13.1. The molecule has 0 saturated carbocycles. The van der Waals surface area contributed by atoms with Gasteiger partial charge in [0, 0.05) is 30.6 Å². The van der Waals surface area contributed by atoms with E-state index in [0.717, 1.165) is 6.42 Å². The Hall–Kier alpha value is -1.62. The summed E-state index contributed by atoms with van der Waals surface area (Å²) in [7, 11) is 1.80. The summed E-state index contributed by atoms with van der Waals surface area (Å²) < 4.78 is 1.62. The number of aryl methyl sites for hydroxylation is 1. The van der Waals surface area contributed by atoms with Crippen molar-refractivity contribution >= 4 is 17.2 Å². The number of rotatable bonds is 4. The van der Waals surface area contributed by atoms with E-state index in [1.54, 1.807) is 35.5 Å². The lowest BCUT2D eigenvalue weighted by Gasteiger charge is -2.11. The minimum atomic E-state index is -0.0674. The molecule has 0 unspecified atom stereocenters. The highest BCUT2D eigenvalue weighted by molar-refractivity contribution is 7.09. The summed E-state index contributed by atoms with van der Waals surface area (Å²) in [5.41, 5.74) is 0.602. The van der Waals surface area contributed by atoms with E-state index >= 15 is 0 Å². The molecule has 1 atom stereocenters. The molecule has 5 heteroatoms. The molecule has 0 spiro atoms. The van der Waals surface area contributed by atoms with Gasteiger partial charge in [-0.1, -0.05) is 6.07 Å². The molecule has 0 bridgehead atoms. The van der Waals surface area contributed by atoms with Crippen LogP contribution < -0.4 is 5.32 Å². The quantitative estimate of drug-likeness (QED) is 0.898. The number of thiophene rings is 1. The molecule has 1 amide bonds. The van der Waals surface area contributed by atoms with E-state index in [1.165, 1.54) is 4.88 Å². The topological polar surface area (TPSA) is 46.9 Å². The Morgan fingerprint density at radius 2 is 2.47 bits per heavy atom. The Morgan fingerprint density at radius 3 is 3.06 bits per heavy atom. The zero-order valence-electron chi connectivity index (χ0n) is 9.88. The summed E-state index contributed by atoms with van der Waals surface area (Å²) in [6.45, 7) is 2.01. The van der Waals surface area contributed by atoms with Crippen molar-refractivity contribution in [3.63, 3.8) is 0 Å². The first kappa shape index (κ1) is 11.9. The number of carbonyl (C=O) groups is 1. The first-order valence-corrected chi connectivity index (χ1v) is 6.35. The molecular formula is C12H15N3OS. The zero-order valence-corrected chi connectivity index (χ0v) is 10.7. The molecule has 4 nitrogen and oxygen atoms in total. The monoisotopic (exact) mass is 249 g/mol. The minimum absolute atomic E-state index is 0.0674. The van der Waals surface area contributed by atoms with Crippen LogP contribution in [0.3, 0.4) is 0 Å². The highest BCUT2D eigenvalue weighted by atomic mass is 32.1. The van der Waals surface area contributed by atoms with Gasteiger partial charge in [-0.2, -0.15) is 5.10 Å². The third-order valence-electron chi connectivity index (χ3n) is 2.43. The molecule has 0 radical (unpaired) electrons. The first-order valence-electron chi connectivity index (χ1n) is 5.47. The summed E-state index contributed by atoms with van der Waals surface area (Å²) in [6.07, 6.45) is 4.16. The van der Waals surface area contributed by atoms with Crippen LogP contribution in [0.2, 0.25) is 0 Å². The van der Waals surface area contributed by atoms with Gasteiger partial charge in [-0.15, -0.1) is 11.3 Å². The van der Waals surface area contributed by atoms with Gasteiger partial charge >= 0.3 is 0 Å². The summed E-state index contributed by atoms with van der Waals surface area (Å²) >= 11 is 1.71. The summed E-state index contributed by atoms with van der Waals surface area (Å²) in [5, 5.41) is 8.99. The van der Waals surface area contributed by atoms with Gasteiger partial charge in [-0.25, -0.2) is 0 Å². The lowest BCUT2D eigenvalue weighted by Crippen LogP contribution is -2.33. The SMILES string of the molecule is C[C@@H](Cc1cccs1)NC(=O)c1cnn(C)c1. The van der Waals surface area contributed by atoms with E-state index < -0.39 is 0 Å². The van der Waals surface area contributed by atoms with E-state index in [-0.39, 0.29) is 11.9 Å². The van der Waals surface area contributed by atoms with Gasteiger partial charge in [-0.3, -0.25) is 9.48 Å². The van der Waals surface area contributed by atoms with E-state index in [9.17, 15) is 4.79 Å². The van der Waals surface area contributed by atoms with Crippen LogP contribution in [0.4, 0.5) is 0 Å². The van der Waals surface area contributed by atoms with Gasteiger partial charge in [0.25, 0.3) is 5.91 Å². The van der Waals surface area contributed by atoms with Gasteiger partial charge in [0.15, 0.2) is 0 Å². The van der Waals surface area contributed by atoms with E-state index in [0.29, 0.717) is 5.56 Å². The fourth-order valence-electron chi connectivity index (χ4n) is 1.63. The van der Waals surface area contributed by atoms with Crippen molar-refractivity contribution in [2.45, 2.75) is 19.4 Å². The van der Waals surface area contributed by atoms with Gasteiger partial charge in [-0.05, 0) is 18.4 Å². The number of carbonyl (C=O) groups excluding carboxylic acids is 1. The average Bonchev–Trinajstić information content (AvgIpc) is 2.89. The maximum atomic E-state index is 11.8. The molecule has 0 aromatic carbocycles. The number of aromatic nitrogens is 2. The van der Waals surface area contributed by atoms with Gasteiger partial charge in [0.1, 0.15) is 0 Å². The highest BCUT2D eigenvalue weighted by Gasteiger charge is 2.11. The summed E-state index contributed by atoms with van der Waals surface area (Å²) in [6, 6.07) is 4.23. The second kappa shape index (κ2) is 5.14. The van der Waals surface area contributed by atoms with Gasteiger partial charge in [0.05, 0.1) is 11.8 Å². The number of hydrogen-bond donors (Lipinski definition) is 1. The number of amides is 1. The highest BCUT2D eigenvalue weighted by Crippen LogP contribution is 2.11. The second-order valence-corrected chi connectivity index (χ2v) is 5.09. The predicted octanol–water partition coefficient (Wildman–Crippen LogP) is 1.84. The maximum absolute atomic E-state index is 11.8. The van der Waals surface area contributed by atoms with E-state index in [1.807, 2.05) is 18.4 Å². The van der Waals surface area contributed by atoms with Gasteiger partial charge in [0.2, 0.25) is 0 Å². The molecule has 0 aliphatic carbocycles. The molecule has 0 aliphatic rings. The third-order valence-corrected chi connectivity index (χ3v) is 3.33. The lowest BCUT2D eigenvalue weighted by atomic mass is 10.2. The van der Waals surface area contributed by atoms with Crippen LogP contribution in [-0.2, 0) is 13.5 Å². The Bertz CT molecular complexity index is 490. The molecule has 0 aliphatic heterocycles. The largest absolute Gasteiger partial charge is 0.349 e. The first-order chi connectivity index (χ1) is 8.15. The predicted molar refractivity (Wildman–Crippen MR) is 68.2 cm³/mol. The molecular weight excluding hydrogens is 234 g/mol. The van der Waals surface area contributed by atoms with Crippen molar-refractivity contribution in [1.29, 1.82) is 0 Å². The summed E-state index contributed by atoms with van der Waals surface area (Å²) in [5.74, 6) is -0.0674. The molecule has 1 N–H and O–H groups in total. The van der Waals surface area contributed by atoms with Crippen molar-refractivity contribution in [3.05, 3.63) is 40.3 Å². The molecule has 2 aromatic rings. The second-order valence-electron chi connectivity index (χ2n) is 4.06. The average molecular weight is 249 g/mol. The van der Waals surface area contributed by atoms with Crippen molar-refractivity contribution < 1.29 is 4.79 Å². The Kier molecular flexibility index (Phi) is 3.58. The zero-order chi connectivity index (χ0) is 12.3. The number of nitrogens with zero attached hydrogens (tertiary/aromatic N) is 2. The van der Waals surface area contributed by atoms with Crippen molar-refractivity contribution in [1.82, 2.24) is 15.1 Å². The fourth-order valence-corrected chi connectivity index (χ4v) is 2.46. The van der Waals surface area contributed by atoms with Gasteiger partial charge < -0.3 is 5.32 Å². The van der Waals surface area contributed by atoms with Crippen molar-refractivity contribution in [2.24, 2.45) is 7.05 Å². The maximum Gasteiger partial charge on any atom is 0.254 e. The molecule has 17 heavy (non-hydrogen) atoms. The molecule has 0 fully saturated rings. The van der Waals surface area contributed by atoms with Crippen molar-refractivity contribution in [2.75, 3.05) is 0 Å². The van der Waals surface area contributed by atoms with Crippen LogP contribution >= 0.6 is 11.3 Å². The van der Waals surface area contributed by atoms with Crippen LogP contribution in [0, 0.1) is 0 Å². The van der Waals surface area contributed by atoms with E-state index in [2.05, 4.69) is 16.5 Å². The van der Waals surface area contributed by atoms with Crippen LogP contribution in [0.1, 0.15) is 22.2 Å². The van der Waals surface area contributed by atoms with Crippen LogP contribution in [0.25, 0.3) is 0 Å². The molecule has 2 aromatic heterocycles. The molecule has 2 heterocycles. The molecule has 90 valence electrons. The molecule has 2 rings (SSSR count). The van der Waals surface area contributed by atoms with Crippen LogP contribution in [0.5, 0.6) is 0 Å². The fraction of sp³-hybridized carbons (Fsp3) is 0.333. The van der Waals surface area contributed by atoms with Crippen LogP contribution in [-0.4, -0.2) is 21.7 Å². The Labute approximate surface area is 104 Å². The smallest absolute Gasteiger partial charge is 0.254 e. The standard InChI is InChI=1S/C12H15N3OS/c1-9(6-11-4-3-5-17-11)14-12(16)10-7-13-15(2)8-10/h3-5,7-9H,6H2,1-2H3,(H,14,16)/t9-/m0/s1. The third kappa shape index (κ3) is 3.17. The van der Waals surface area contributed by atoms with E-state index in [4.69, 9.17) is 0 Å². The van der Waals surface area contributed by atoms with Crippen molar-refractivity contribution in [3.8, 4) is 0 Å². The van der Waals surface area contributed by atoms with Crippen LogP contribution in [0.15, 0.2) is 29.9 Å². The number of hydrogen-bond acceptors (Lipinski definition) is 3. The normalized spacial score (nSPS) is 12.4. The Balaban J connectivity index is 1.90. The lowest BCUT2D eigenvalue weighted by molar-refractivity contribution is 0.0940. The number of nitrogens with one attached hydrogen (secondary N) is 1. The Morgan fingerprint density at radius 1 is 1.65 bits per heavy atom.